The van der Waals surface area contributed by atoms with Crippen LogP contribution in [0.4, 0.5) is 0 Å². The van der Waals surface area contributed by atoms with Crippen molar-refractivity contribution in [2.75, 3.05) is 0 Å². The summed E-state index contributed by atoms with van der Waals surface area (Å²) in [5.74, 6) is 0.726. The lowest BCUT2D eigenvalue weighted by Gasteiger charge is -2.12. The van der Waals surface area contributed by atoms with E-state index in [-0.39, 0.29) is 0 Å². The van der Waals surface area contributed by atoms with E-state index in [0.29, 0.717) is 15.9 Å². The maximum atomic E-state index is 9.11. The largest absolute Gasteiger partial charge is 0.270 e. The Balaban J connectivity index is 1.85. The van der Waals surface area contributed by atoms with Crippen LogP contribution in [0.2, 0.25) is 0 Å². The van der Waals surface area contributed by atoms with Crippen molar-refractivity contribution >= 4 is 11.8 Å². The number of hydrogen-bond acceptors (Lipinski definition) is 6. The predicted molar refractivity (Wildman–Crippen MR) is 107 cm³/mol. The van der Waals surface area contributed by atoms with Crippen LogP contribution >= 0.6 is 11.8 Å². The molecular formula is C21H16N6S. The third-order valence-electron chi connectivity index (χ3n) is 4.35. The summed E-state index contributed by atoms with van der Waals surface area (Å²) in [6.07, 6.45) is 3.47. The molecule has 0 aliphatic rings. The quantitative estimate of drug-likeness (QED) is 0.520. The average molecular weight is 384 g/mol. The van der Waals surface area contributed by atoms with Crippen molar-refractivity contribution in [1.82, 2.24) is 24.7 Å². The van der Waals surface area contributed by atoms with Gasteiger partial charge >= 0.3 is 0 Å². The summed E-state index contributed by atoms with van der Waals surface area (Å²) in [7, 11) is 0. The number of benzene rings is 1. The third-order valence-corrected chi connectivity index (χ3v) is 5.24. The first-order chi connectivity index (χ1) is 13.7. The molecule has 0 fully saturated rings. The molecule has 6 nitrogen and oxygen atoms in total. The molecule has 4 aromatic rings. The number of hydrogen-bond donors (Lipinski definition) is 0. The van der Waals surface area contributed by atoms with Gasteiger partial charge < -0.3 is 0 Å². The molecule has 0 saturated heterocycles. The minimum Gasteiger partial charge on any atom is -0.270 e. The lowest BCUT2D eigenvalue weighted by molar-refractivity contribution is 0.881. The van der Waals surface area contributed by atoms with Crippen molar-refractivity contribution in [1.29, 1.82) is 5.26 Å². The maximum Gasteiger partial charge on any atom is 0.202 e. The van der Waals surface area contributed by atoms with Crippen molar-refractivity contribution in [3.63, 3.8) is 0 Å². The van der Waals surface area contributed by atoms with Gasteiger partial charge in [-0.2, -0.15) is 5.26 Å². The van der Waals surface area contributed by atoms with Crippen molar-refractivity contribution in [2.24, 2.45) is 0 Å². The molecule has 0 saturated carbocycles. The van der Waals surface area contributed by atoms with Gasteiger partial charge in [0.1, 0.15) is 16.8 Å². The monoisotopic (exact) mass is 384 g/mol. The minimum absolute atomic E-state index is 0.372. The Bertz CT molecular complexity index is 1180. The highest BCUT2D eigenvalue weighted by atomic mass is 32.2. The molecule has 0 aliphatic carbocycles. The van der Waals surface area contributed by atoms with Gasteiger partial charge in [0.2, 0.25) is 5.16 Å². The van der Waals surface area contributed by atoms with Crippen molar-refractivity contribution < 1.29 is 0 Å². The molecule has 0 bridgehead atoms. The average Bonchev–Trinajstić information content (AvgIpc) is 3.14. The van der Waals surface area contributed by atoms with Gasteiger partial charge in [0.25, 0.3) is 0 Å². The Kier molecular flexibility index (Phi) is 4.87. The summed E-state index contributed by atoms with van der Waals surface area (Å²) in [5.41, 5.74) is 4.68. The van der Waals surface area contributed by atoms with E-state index in [2.05, 4.69) is 58.3 Å². The lowest BCUT2D eigenvalue weighted by atomic mass is 10.1. The first-order valence-electron chi connectivity index (χ1n) is 8.64. The topological polar surface area (TPSA) is 80.3 Å². The van der Waals surface area contributed by atoms with Gasteiger partial charge in [-0.1, -0.05) is 12.1 Å². The molecule has 0 N–H and O–H groups in total. The number of aromatic nitrogens is 5. The zero-order valence-electron chi connectivity index (χ0n) is 15.4. The molecule has 1 aromatic carbocycles. The second-order valence-corrected chi connectivity index (χ2v) is 7.21. The highest BCUT2D eigenvalue weighted by Crippen LogP contribution is 2.31. The fourth-order valence-corrected chi connectivity index (χ4v) is 3.59. The van der Waals surface area contributed by atoms with Crippen LogP contribution in [-0.4, -0.2) is 24.7 Å². The van der Waals surface area contributed by atoms with E-state index in [1.54, 1.807) is 18.5 Å². The molecule has 0 unspecified atom stereocenters. The Hall–Kier alpha value is -3.50. The molecule has 0 amide bonds. The summed E-state index contributed by atoms with van der Waals surface area (Å²) in [5, 5.41) is 19.3. The molecule has 3 heterocycles. The zero-order chi connectivity index (χ0) is 19.5. The molecule has 7 heteroatoms. The second-order valence-electron chi connectivity index (χ2n) is 6.22. The molecule has 3 aromatic heterocycles. The van der Waals surface area contributed by atoms with E-state index in [4.69, 9.17) is 5.26 Å². The maximum absolute atomic E-state index is 9.11. The third kappa shape index (κ3) is 3.50. The van der Waals surface area contributed by atoms with E-state index in [1.807, 2.05) is 28.8 Å². The van der Waals surface area contributed by atoms with Gasteiger partial charge in [0.05, 0.1) is 5.69 Å². The van der Waals surface area contributed by atoms with Crippen LogP contribution in [0.1, 0.15) is 16.8 Å². The minimum atomic E-state index is 0.372. The van der Waals surface area contributed by atoms with Gasteiger partial charge in [-0.25, -0.2) is 4.98 Å². The van der Waals surface area contributed by atoms with Crippen molar-refractivity contribution in [3.8, 4) is 23.1 Å². The molecule has 0 spiro atoms. The SMILES string of the molecule is Cc1ccc(-n2c(Sc3cccc(C#N)n3)nnc2-c2ccncc2)cc1C. The van der Waals surface area contributed by atoms with Crippen LogP contribution < -0.4 is 0 Å². The highest BCUT2D eigenvalue weighted by Gasteiger charge is 2.18. The summed E-state index contributed by atoms with van der Waals surface area (Å²) < 4.78 is 2.01. The van der Waals surface area contributed by atoms with Crippen LogP contribution in [0.25, 0.3) is 17.1 Å². The van der Waals surface area contributed by atoms with Crippen LogP contribution in [0.5, 0.6) is 0 Å². The summed E-state index contributed by atoms with van der Waals surface area (Å²) >= 11 is 1.38. The lowest BCUT2D eigenvalue weighted by Crippen LogP contribution is -2.01. The summed E-state index contributed by atoms with van der Waals surface area (Å²) in [6, 6.07) is 17.5. The molecular weight excluding hydrogens is 368 g/mol. The molecule has 136 valence electrons. The summed E-state index contributed by atoms with van der Waals surface area (Å²) in [6.45, 7) is 4.17. The number of nitrogens with zero attached hydrogens (tertiary/aromatic N) is 6. The Morgan fingerprint density at radius 1 is 0.964 bits per heavy atom. The molecule has 4 rings (SSSR count). The first kappa shape index (κ1) is 17.9. The van der Waals surface area contributed by atoms with Crippen LogP contribution in [0.3, 0.4) is 0 Å². The Morgan fingerprint density at radius 2 is 1.79 bits per heavy atom. The standard InChI is InChI=1S/C21H16N6S/c1-14-6-7-18(12-15(14)2)27-20(16-8-10-23-11-9-16)25-26-21(27)28-19-5-3-4-17(13-22)24-19/h3-12H,1-2H3. The number of pyridine rings is 2. The normalized spacial score (nSPS) is 10.6. The van der Waals surface area contributed by atoms with Gasteiger partial charge in [0, 0.05) is 18.0 Å². The van der Waals surface area contributed by atoms with Gasteiger partial charge in [-0.05, 0) is 73.1 Å². The molecule has 0 radical (unpaired) electrons. The molecule has 0 atom stereocenters. The first-order valence-corrected chi connectivity index (χ1v) is 9.46. The highest BCUT2D eigenvalue weighted by molar-refractivity contribution is 7.99. The smallest absolute Gasteiger partial charge is 0.202 e. The number of aryl methyl sites for hydroxylation is 2. The van der Waals surface area contributed by atoms with Crippen molar-refractivity contribution in [2.45, 2.75) is 24.0 Å². The van der Waals surface area contributed by atoms with Gasteiger partial charge in [0.15, 0.2) is 5.82 Å². The summed E-state index contributed by atoms with van der Waals surface area (Å²) in [4.78, 5) is 8.44. The Labute approximate surface area is 166 Å². The van der Waals surface area contributed by atoms with Gasteiger partial charge in [-0.15, -0.1) is 10.2 Å². The predicted octanol–water partition coefficient (Wildman–Crippen LogP) is 4.36. The molecule has 28 heavy (non-hydrogen) atoms. The second kappa shape index (κ2) is 7.62. The fraction of sp³-hybridized carbons (Fsp3) is 0.0952. The van der Waals surface area contributed by atoms with Crippen LogP contribution in [0, 0.1) is 25.2 Å². The van der Waals surface area contributed by atoms with E-state index >= 15 is 0 Å². The van der Waals surface area contributed by atoms with Crippen LogP contribution in [-0.2, 0) is 0 Å². The molecule has 0 aliphatic heterocycles. The van der Waals surface area contributed by atoms with Crippen molar-refractivity contribution in [3.05, 3.63) is 77.7 Å². The van der Waals surface area contributed by atoms with Crippen LogP contribution in [0.15, 0.2) is 71.1 Å². The van der Waals surface area contributed by atoms with E-state index in [0.717, 1.165) is 17.1 Å². The number of rotatable bonds is 4. The van der Waals surface area contributed by atoms with E-state index in [1.165, 1.54) is 22.9 Å². The van der Waals surface area contributed by atoms with Gasteiger partial charge in [-0.3, -0.25) is 9.55 Å². The van der Waals surface area contributed by atoms with E-state index < -0.39 is 0 Å². The number of nitriles is 1. The Morgan fingerprint density at radius 3 is 2.54 bits per heavy atom. The fourth-order valence-electron chi connectivity index (χ4n) is 2.75. The zero-order valence-corrected chi connectivity index (χ0v) is 16.2. The van der Waals surface area contributed by atoms with E-state index in [9.17, 15) is 0 Å².